The largest absolute Gasteiger partial charge is 0.342 e. The first-order valence-corrected chi connectivity index (χ1v) is 12.7. The Morgan fingerprint density at radius 2 is 1.68 bits per heavy atom. The highest BCUT2D eigenvalue weighted by Crippen LogP contribution is 2.23. The van der Waals surface area contributed by atoms with Crippen molar-refractivity contribution in [3.8, 4) is 6.19 Å². The smallest absolute Gasteiger partial charge is 0.247 e. The van der Waals surface area contributed by atoms with E-state index in [9.17, 15) is 14.9 Å². The molecule has 1 unspecified atom stereocenters. The van der Waals surface area contributed by atoms with E-state index in [2.05, 4.69) is 34.5 Å². The van der Waals surface area contributed by atoms with Crippen molar-refractivity contribution in [3.05, 3.63) is 35.9 Å². The van der Waals surface area contributed by atoms with Gasteiger partial charge in [-0.3, -0.25) is 14.9 Å². The molecule has 34 heavy (non-hydrogen) atoms. The second kappa shape index (κ2) is 11.9. The SMILES string of the molecule is N#CNC(=NC1CCCCN(CC(=O)N2CCCC2)C1=O)N1CCC(Cc2ccccc2)CC1. The van der Waals surface area contributed by atoms with Crippen LogP contribution in [-0.4, -0.2) is 77.8 Å². The molecule has 1 aromatic carbocycles. The number of hydrogen-bond acceptors (Lipinski definition) is 4. The summed E-state index contributed by atoms with van der Waals surface area (Å²) >= 11 is 0. The van der Waals surface area contributed by atoms with Crippen LogP contribution in [0, 0.1) is 17.4 Å². The number of nitrogens with zero attached hydrogens (tertiary/aromatic N) is 5. The van der Waals surface area contributed by atoms with E-state index in [1.165, 1.54) is 5.56 Å². The van der Waals surface area contributed by atoms with E-state index in [4.69, 9.17) is 4.99 Å². The fourth-order valence-electron chi connectivity index (χ4n) is 5.28. The van der Waals surface area contributed by atoms with Crippen LogP contribution in [0.5, 0.6) is 0 Å². The number of nitriles is 1. The molecule has 2 amide bonds. The average Bonchev–Trinajstić information content (AvgIpc) is 3.35. The molecular formula is C26H36N6O2. The van der Waals surface area contributed by atoms with Gasteiger partial charge in [0.1, 0.15) is 6.04 Å². The molecule has 3 fully saturated rings. The van der Waals surface area contributed by atoms with Crippen molar-refractivity contribution in [3.63, 3.8) is 0 Å². The second-order valence-electron chi connectivity index (χ2n) is 9.67. The molecule has 1 atom stereocenters. The number of piperidine rings is 1. The number of carbonyl (C=O) groups is 2. The minimum Gasteiger partial charge on any atom is -0.342 e. The first-order chi connectivity index (χ1) is 16.6. The van der Waals surface area contributed by atoms with E-state index in [1.807, 2.05) is 17.2 Å². The van der Waals surface area contributed by atoms with Crippen molar-refractivity contribution in [2.45, 2.75) is 57.4 Å². The van der Waals surface area contributed by atoms with Crippen molar-refractivity contribution < 1.29 is 9.59 Å². The second-order valence-corrected chi connectivity index (χ2v) is 9.67. The maximum atomic E-state index is 13.3. The van der Waals surface area contributed by atoms with Gasteiger partial charge in [-0.25, -0.2) is 4.99 Å². The number of rotatable bonds is 5. The predicted octanol–water partition coefficient (Wildman–Crippen LogP) is 2.37. The summed E-state index contributed by atoms with van der Waals surface area (Å²) in [6.07, 6.45) is 9.60. The Balaban J connectivity index is 1.38. The van der Waals surface area contributed by atoms with Gasteiger partial charge >= 0.3 is 0 Å². The number of amides is 2. The van der Waals surface area contributed by atoms with Crippen LogP contribution in [0.25, 0.3) is 0 Å². The molecule has 3 aliphatic rings. The van der Waals surface area contributed by atoms with Gasteiger partial charge in [-0.15, -0.1) is 0 Å². The zero-order valence-electron chi connectivity index (χ0n) is 20.0. The van der Waals surface area contributed by atoms with Crippen LogP contribution in [0.2, 0.25) is 0 Å². The van der Waals surface area contributed by atoms with E-state index in [1.54, 1.807) is 4.90 Å². The molecule has 0 saturated carbocycles. The summed E-state index contributed by atoms with van der Waals surface area (Å²) in [5.41, 5.74) is 1.36. The summed E-state index contributed by atoms with van der Waals surface area (Å²) in [5.74, 6) is 1.04. The zero-order valence-corrected chi connectivity index (χ0v) is 20.0. The summed E-state index contributed by atoms with van der Waals surface area (Å²) in [4.78, 5) is 36.3. The molecular weight excluding hydrogens is 428 g/mol. The number of carbonyl (C=O) groups excluding carboxylic acids is 2. The molecule has 3 saturated heterocycles. The number of nitrogens with one attached hydrogen (secondary N) is 1. The fraction of sp³-hybridized carbons (Fsp3) is 0.615. The van der Waals surface area contributed by atoms with Gasteiger partial charge < -0.3 is 14.7 Å². The molecule has 3 aliphatic heterocycles. The highest BCUT2D eigenvalue weighted by molar-refractivity contribution is 5.90. The molecule has 4 rings (SSSR count). The molecule has 1 N–H and O–H groups in total. The monoisotopic (exact) mass is 464 g/mol. The quantitative estimate of drug-likeness (QED) is 0.313. The molecule has 0 aromatic heterocycles. The molecule has 3 heterocycles. The van der Waals surface area contributed by atoms with Crippen molar-refractivity contribution in [1.82, 2.24) is 20.0 Å². The number of hydrogen-bond donors (Lipinski definition) is 1. The van der Waals surface area contributed by atoms with Crippen molar-refractivity contribution in [2.24, 2.45) is 10.9 Å². The summed E-state index contributed by atoms with van der Waals surface area (Å²) in [5, 5.41) is 12.1. The van der Waals surface area contributed by atoms with E-state index < -0.39 is 6.04 Å². The highest BCUT2D eigenvalue weighted by atomic mass is 16.2. The molecule has 0 aliphatic carbocycles. The molecule has 182 valence electrons. The summed E-state index contributed by atoms with van der Waals surface area (Å²) in [7, 11) is 0. The number of aliphatic imine (C=N–C) groups is 1. The minimum atomic E-state index is -0.549. The lowest BCUT2D eigenvalue weighted by molar-refractivity contribution is -0.140. The van der Waals surface area contributed by atoms with Gasteiger partial charge in [0.15, 0.2) is 6.19 Å². The van der Waals surface area contributed by atoms with E-state index in [-0.39, 0.29) is 18.4 Å². The van der Waals surface area contributed by atoms with Crippen molar-refractivity contribution >= 4 is 17.8 Å². The third-order valence-electron chi connectivity index (χ3n) is 7.26. The number of benzene rings is 1. The molecule has 0 bridgehead atoms. The Hall–Kier alpha value is -3.08. The topological polar surface area (TPSA) is 92.0 Å². The number of guanidine groups is 1. The lowest BCUT2D eigenvalue weighted by atomic mass is 9.90. The van der Waals surface area contributed by atoms with Crippen molar-refractivity contribution in [1.29, 1.82) is 5.26 Å². The maximum absolute atomic E-state index is 13.3. The molecule has 8 heteroatoms. The Labute approximate surface area is 202 Å². The Morgan fingerprint density at radius 3 is 2.38 bits per heavy atom. The van der Waals surface area contributed by atoms with Gasteiger partial charge in [0.05, 0.1) is 6.54 Å². The van der Waals surface area contributed by atoms with Crippen LogP contribution in [0.1, 0.15) is 50.5 Å². The standard InChI is InChI=1S/C26H36N6O2/c27-20-28-26(31-16-11-22(12-17-31)18-21-8-2-1-3-9-21)29-23-10-4-5-15-32(25(23)34)19-24(33)30-13-6-7-14-30/h1-3,8-9,22-23H,4-7,10-19H2,(H,28,29). The Morgan fingerprint density at radius 1 is 0.971 bits per heavy atom. The van der Waals surface area contributed by atoms with Gasteiger partial charge in [0, 0.05) is 32.7 Å². The molecule has 8 nitrogen and oxygen atoms in total. The van der Waals surface area contributed by atoms with Gasteiger partial charge in [-0.1, -0.05) is 30.3 Å². The lowest BCUT2D eigenvalue weighted by Gasteiger charge is -2.34. The van der Waals surface area contributed by atoms with Gasteiger partial charge in [0.2, 0.25) is 17.8 Å². The third-order valence-corrected chi connectivity index (χ3v) is 7.26. The van der Waals surface area contributed by atoms with Crippen LogP contribution in [-0.2, 0) is 16.0 Å². The van der Waals surface area contributed by atoms with Crippen LogP contribution < -0.4 is 5.32 Å². The molecule has 0 radical (unpaired) electrons. The van der Waals surface area contributed by atoms with Crippen LogP contribution in [0.4, 0.5) is 0 Å². The molecule has 1 aromatic rings. The molecule has 0 spiro atoms. The normalized spacial score (nSPS) is 22.4. The van der Waals surface area contributed by atoms with E-state index in [0.717, 1.165) is 71.1 Å². The summed E-state index contributed by atoms with van der Waals surface area (Å²) in [6, 6.07) is 10.0. The van der Waals surface area contributed by atoms with Gasteiger partial charge in [-0.05, 0) is 62.8 Å². The van der Waals surface area contributed by atoms with Gasteiger partial charge in [-0.2, -0.15) is 5.26 Å². The first-order valence-electron chi connectivity index (χ1n) is 12.7. The van der Waals surface area contributed by atoms with Crippen LogP contribution >= 0.6 is 0 Å². The van der Waals surface area contributed by atoms with Crippen LogP contribution in [0.15, 0.2) is 35.3 Å². The van der Waals surface area contributed by atoms with E-state index >= 15 is 0 Å². The van der Waals surface area contributed by atoms with Crippen LogP contribution in [0.3, 0.4) is 0 Å². The minimum absolute atomic E-state index is 0.0336. The Kier molecular flexibility index (Phi) is 8.40. The maximum Gasteiger partial charge on any atom is 0.247 e. The van der Waals surface area contributed by atoms with Crippen molar-refractivity contribution in [2.75, 3.05) is 39.3 Å². The third kappa shape index (κ3) is 6.28. The zero-order chi connectivity index (χ0) is 23.8. The summed E-state index contributed by atoms with van der Waals surface area (Å²) < 4.78 is 0. The predicted molar refractivity (Wildman–Crippen MR) is 131 cm³/mol. The number of likely N-dealkylation sites (tertiary alicyclic amines) is 3. The summed E-state index contributed by atoms with van der Waals surface area (Å²) in [6.45, 7) is 3.93. The fourth-order valence-corrected chi connectivity index (χ4v) is 5.28. The first kappa shape index (κ1) is 24.1. The average molecular weight is 465 g/mol. The highest BCUT2D eigenvalue weighted by Gasteiger charge is 2.31. The van der Waals surface area contributed by atoms with Gasteiger partial charge in [0.25, 0.3) is 0 Å². The van der Waals surface area contributed by atoms with E-state index in [0.29, 0.717) is 24.8 Å². The lowest BCUT2D eigenvalue weighted by Crippen LogP contribution is -2.47. The Bertz CT molecular complexity index is 898.